The van der Waals surface area contributed by atoms with Gasteiger partial charge in [0.2, 0.25) is 11.8 Å². The molecule has 0 aromatic heterocycles. The molecule has 1 aliphatic rings. The molecule has 0 spiro atoms. The third-order valence-electron chi connectivity index (χ3n) is 3.34. The molecule has 1 aliphatic heterocycles. The number of fused-ring (bicyclic) bond motifs is 1. The fourth-order valence-electron chi connectivity index (χ4n) is 2.20. The number of para-hydroxylation sites is 2. The van der Waals surface area contributed by atoms with Gasteiger partial charge in [-0.3, -0.25) is 14.5 Å². The number of carbonyl (C=O) groups is 3. The number of carbonyl (C=O) groups excluding carboxylic acids is 3. The molecule has 0 radical (unpaired) electrons. The number of amides is 2. The summed E-state index contributed by atoms with van der Waals surface area (Å²) in [5.41, 5.74) is 0.490. The SMILES string of the molecule is COC(=O)[C@H](CO)NC(=O)CN1C(=O)CCOc2ccccc21. The first-order valence-electron chi connectivity index (χ1n) is 7.07. The van der Waals surface area contributed by atoms with Gasteiger partial charge >= 0.3 is 5.97 Å². The van der Waals surface area contributed by atoms with Crippen LogP contribution < -0.4 is 15.0 Å². The molecule has 2 rings (SSSR count). The van der Waals surface area contributed by atoms with Crippen molar-refractivity contribution >= 4 is 23.5 Å². The van der Waals surface area contributed by atoms with Crippen LogP contribution in [0.5, 0.6) is 5.75 Å². The summed E-state index contributed by atoms with van der Waals surface area (Å²) in [7, 11) is 1.16. The lowest BCUT2D eigenvalue weighted by molar-refractivity contribution is -0.146. The Morgan fingerprint density at radius 2 is 2.17 bits per heavy atom. The van der Waals surface area contributed by atoms with Gasteiger partial charge in [0.1, 0.15) is 12.3 Å². The van der Waals surface area contributed by atoms with Crippen molar-refractivity contribution in [1.82, 2.24) is 5.32 Å². The molecule has 124 valence electrons. The fourth-order valence-corrected chi connectivity index (χ4v) is 2.20. The summed E-state index contributed by atoms with van der Waals surface area (Å²) in [6.45, 7) is -0.645. The largest absolute Gasteiger partial charge is 0.491 e. The van der Waals surface area contributed by atoms with Crippen molar-refractivity contribution in [1.29, 1.82) is 0 Å². The number of esters is 1. The second-order valence-corrected chi connectivity index (χ2v) is 4.87. The zero-order valence-electron chi connectivity index (χ0n) is 12.7. The Hall–Kier alpha value is -2.61. The number of benzene rings is 1. The van der Waals surface area contributed by atoms with E-state index in [2.05, 4.69) is 10.1 Å². The van der Waals surface area contributed by atoms with Crippen LogP contribution in [0.25, 0.3) is 0 Å². The Morgan fingerprint density at radius 3 is 2.87 bits per heavy atom. The molecule has 2 N–H and O–H groups in total. The zero-order chi connectivity index (χ0) is 16.8. The van der Waals surface area contributed by atoms with Gasteiger partial charge in [-0.25, -0.2) is 4.79 Å². The molecule has 8 nitrogen and oxygen atoms in total. The summed E-state index contributed by atoms with van der Waals surface area (Å²) >= 11 is 0. The zero-order valence-corrected chi connectivity index (χ0v) is 12.7. The van der Waals surface area contributed by atoms with Crippen LogP contribution in [0.15, 0.2) is 24.3 Å². The summed E-state index contributed by atoms with van der Waals surface area (Å²) in [5, 5.41) is 11.5. The Kier molecular flexibility index (Phi) is 5.53. The van der Waals surface area contributed by atoms with E-state index in [1.54, 1.807) is 24.3 Å². The molecular weight excluding hydrogens is 304 g/mol. The number of methoxy groups -OCH3 is 1. The lowest BCUT2D eigenvalue weighted by Gasteiger charge is -2.22. The normalized spacial score (nSPS) is 15.0. The van der Waals surface area contributed by atoms with Crippen molar-refractivity contribution in [2.75, 3.05) is 31.8 Å². The number of ether oxygens (including phenoxy) is 2. The van der Waals surface area contributed by atoms with Gasteiger partial charge in [-0.1, -0.05) is 12.1 Å². The Balaban J connectivity index is 2.13. The molecule has 0 saturated carbocycles. The van der Waals surface area contributed by atoms with Crippen molar-refractivity contribution in [3.63, 3.8) is 0 Å². The van der Waals surface area contributed by atoms with E-state index in [-0.39, 0.29) is 25.5 Å². The van der Waals surface area contributed by atoms with Crippen LogP contribution >= 0.6 is 0 Å². The van der Waals surface area contributed by atoms with Crippen LogP contribution in [-0.4, -0.2) is 55.8 Å². The predicted octanol–water partition coefficient (Wildman–Crippen LogP) is -0.548. The van der Waals surface area contributed by atoms with Gasteiger partial charge in [-0.05, 0) is 12.1 Å². The summed E-state index contributed by atoms with van der Waals surface area (Å²) in [6.07, 6.45) is 0.141. The van der Waals surface area contributed by atoms with E-state index in [1.165, 1.54) is 4.90 Å². The van der Waals surface area contributed by atoms with Crippen molar-refractivity contribution in [3.8, 4) is 5.75 Å². The molecule has 1 atom stereocenters. The van der Waals surface area contributed by atoms with Crippen LogP contribution in [0, 0.1) is 0 Å². The van der Waals surface area contributed by atoms with E-state index in [4.69, 9.17) is 9.84 Å². The molecule has 1 aromatic carbocycles. The van der Waals surface area contributed by atoms with E-state index in [0.717, 1.165) is 7.11 Å². The van der Waals surface area contributed by atoms with Crippen LogP contribution in [0.4, 0.5) is 5.69 Å². The van der Waals surface area contributed by atoms with Crippen molar-refractivity contribution in [2.24, 2.45) is 0 Å². The summed E-state index contributed by atoms with van der Waals surface area (Å²) in [5.74, 6) is -1.09. The van der Waals surface area contributed by atoms with Crippen LogP contribution in [0.1, 0.15) is 6.42 Å². The third kappa shape index (κ3) is 3.98. The van der Waals surface area contributed by atoms with E-state index in [9.17, 15) is 14.4 Å². The van der Waals surface area contributed by atoms with Gasteiger partial charge < -0.3 is 19.9 Å². The third-order valence-corrected chi connectivity index (χ3v) is 3.34. The van der Waals surface area contributed by atoms with Gasteiger partial charge in [0.05, 0.1) is 32.4 Å². The highest BCUT2D eigenvalue weighted by Crippen LogP contribution is 2.30. The molecule has 8 heteroatoms. The van der Waals surface area contributed by atoms with Crippen LogP contribution in [0.2, 0.25) is 0 Å². The molecule has 23 heavy (non-hydrogen) atoms. The second kappa shape index (κ2) is 7.59. The number of nitrogens with one attached hydrogen (secondary N) is 1. The lowest BCUT2D eigenvalue weighted by Crippen LogP contribution is -2.48. The standard InChI is InChI=1S/C15H18N2O6/c1-22-15(21)10(9-18)16-13(19)8-17-11-4-2-3-5-12(11)23-7-6-14(17)20/h2-5,10,18H,6-9H2,1H3,(H,16,19)/t10-/m0/s1. The number of nitrogens with zero attached hydrogens (tertiary/aromatic N) is 1. The summed E-state index contributed by atoms with van der Waals surface area (Å²) in [6, 6.07) is 5.73. The summed E-state index contributed by atoms with van der Waals surface area (Å²) in [4.78, 5) is 37.0. The first kappa shape index (κ1) is 16.8. The molecule has 0 fully saturated rings. The number of aliphatic hydroxyl groups excluding tert-OH is 1. The van der Waals surface area contributed by atoms with Gasteiger partial charge in [0.25, 0.3) is 0 Å². The molecule has 0 saturated heterocycles. The van der Waals surface area contributed by atoms with Crippen molar-refractivity contribution in [3.05, 3.63) is 24.3 Å². The first-order valence-corrected chi connectivity index (χ1v) is 7.07. The van der Waals surface area contributed by atoms with Gasteiger partial charge in [0.15, 0.2) is 6.04 Å². The molecule has 0 bridgehead atoms. The monoisotopic (exact) mass is 322 g/mol. The van der Waals surface area contributed by atoms with Crippen LogP contribution in [-0.2, 0) is 19.1 Å². The first-order chi connectivity index (χ1) is 11.1. The highest BCUT2D eigenvalue weighted by molar-refractivity contribution is 6.01. The van der Waals surface area contributed by atoms with E-state index in [1.807, 2.05) is 0 Å². The quantitative estimate of drug-likeness (QED) is 0.705. The molecule has 1 aromatic rings. The second-order valence-electron chi connectivity index (χ2n) is 4.87. The van der Waals surface area contributed by atoms with Gasteiger partial charge in [-0.15, -0.1) is 0 Å². The van der Waals surface area contributed by atoms with Gasteiger partial charge in [0, 0.05) is 0 Å². The average Bonchev–Trinajstić information content (AvgIpc) is 2.71. The summed E-state index contributed by atoms with van der Waals surface area (Å²) < 4.78 is 9.96. The minimum atomic E-state index is -1.17. The highest BCUT2D eigenvalue weighted by atomic mass is 16.5. The average molecular weight is 322 g/mol. The molecular formula is C15H18N2O6. The number of anilines is 1. The predicted molar refractivity (Wildman–Crippen MR) is 79.9 cm³/mol. The number of hydrogen-bond acceptors (Lipinski definition) is 6. The Labute approximate surface area is 133 Å². The van der Waals surface area contributed by atoms with E-state index >= 15 is 0 Å². The molecule has 0 aliphatic carbocycles. The minimum Gasteiger partial charge on any atom is -0.491 e. The highest BCUT2D eigenvalue weighted by Gasteiger charge is 2.27. The van der Waals surface area contributed by atoms with E-state index in [0.29, 0.717) is 11.4 Å². The van der Waals surface area contributed by atoms with Crippen LogP contribution in [0.3, 0.4) is 0 Å². The molecule has 0 unspecified atom stereocenters. The fraction of sp³-hybridized carbons (Fsp3) is 0.400. The number of hydrogen-bond donors (Lipinski definition) is 2. The molecule has 1 heterocycles. The van der Waals surface area contributed by atoms with Crippen molar-refractivity contribution in [2.45, 2.75) is 12.5 Å². The number of aliphatic hydroxyl groups is 1. The maximum atomic E-state index is 12.2. The minimum absolute atomic E-state index is 0.141. The molecule has 2 amide bonds. The van der Waals surface area contributed by atoms with E-state index < -0.39 is 24.5 Å². The van der Waals surface area contributed by atoms with Crippen molar-refractivity contribution < 1.29 is 29.0 Å². The number of rotatable bonds is 5. The Bertz CT molecular complexity index is 603. The topological polar surface area (TPSA) is 105 Å². The maximum absolute atomic E-state index is 12.2. The van der Waals surface area contributed by atoms with Gasteiger partial charge in [-0.2, -0.15) is 0 Å². The smallest absolute Gasteiger partial charge is 0.330 e. The maximum Gasteiger partial charge on any atom is 0.330 e. The Morgan fingerprint density at radius 1 is 1.43 bits per heavy atom. The lowest BCUT2D eigenvalue weighted by atomic mass is 10.2.